The summed E-state index contributed by atoms with van der Waals surface area (Å²) in [7, 11) is 1.58. The van der Waals surface area contributed by atoms with Gasteiger partial charge in [0.25, 0.3) is 0 Å². The van der Waals surface area contributed by atoms with E-state index < -0.39 is 0 Å². The summed E-state index contributed by atoms with van der Waals surface area (Å²) in [6.45, 7) is 1.03. The number of hydrogen-bond acceptors (Lipinski definition) is 5. The van der Waals surface area contributed by atoms with E-state index in [4.69, 9.17) is 4.74 Å². The van der Waals surface area contributed by atoms with E-state index in [1.54, 1.807) is 7.11 Å². The van der Waals surface area contributed by atoms with Crippen molar-refractivity contribution in [2.24, 2.45) is 0 Å². The molecule has 1 heterocycles. The van der Waals surface area contributed by atoms with Crippen molar-refractivity contribution in [2.45, 2.75) is 6.42 Å². The standard InChI is InChI=1S/C10H17N3O4/c1-17-4-2-3-12-8(14)7-13-9(15)5-11-6-10(13)16/h11H,2-7H2,1H3,(H,12,14). The van der Waals surface area contributed by atoms with Gasteiger partial charge in [-0.25, -0.2) is 0 Å². The van der Waals surface area contributed by atoms with E-state index in [1.807, 2.05) is 0 Å². The zero-order chi connectivity index (χ0) is 12.7. The maximum absolute atomic E-state index is 11.4. The first-order valence-corrected chi connectivity index (χ1v) is 5.44. The van der Waals surface area contributed by atoms with Crippen molar-refractivity contribution in [1.82, 2.24) is 15.5 Å². The van der Waals surface area contributed by atoms with Crippen molar-refractivity contribution in [3.63, 3.8) is 0 Å². The lowest BCUT2D eigenvalue weighted by molar-refractivity contribution is -0.149. The molecule has 1 rings (SSSR count). The van der Waals surface area contributed by atoms with Gasteiger partial charge in [-0.3, -0.25) is 24.6 Å². The maximum Gasteiger partial charge on any atom is 0.243 e. The first kappa shape index (κ1) is 13.6. The van der Waals surface area contributed by atoms with Crippen LogP contribution in [-0.2, 0) is 19.1 Å². The Labute approximate surface area is 99.5 Å². The second-order valence-electron chi connectivity index (χ2n) is 3.67. The number of hydrogen-bond donors (Lipinski definition) is 2. The highest BCUT2D eigenvalue weighted by atomic mass is 16.5. The molecule has 2 N–H and O–H groups in total. The summed E-state index contributed by atoms with van der Waals surface area (Å²) in [5.74, 6) is -1.06. The van der Waals surface area contributed by atoms with Crippen molar-refractivity contribution in [3.8, 4) is 0 Å². The molecule has 0 spiro atoms. The topological polar surface area (TPSA) is 87.7 Å². The van der Waals surface area contributed by atoms with Crippen molar-refractivity contribution in [3.05, 3.63) is 0 Å². The van der Waals surface area contributed by atoms with Gasteiger partial charge in [-0.2, -0.15) is 0 Å². The van der Waals surface area contributed by atoms with Crippen LogP contribution in [0.2, 0.25) is 0 Å². The van der Waals surface area contributed by atoms with Crippen molar-refractivity contribution in [1.29, 1.82) is 0 Å². The molecule has 17 heavy (non-hydrogen) atoms. The molecule has 0 bridgehead atoms. The average molecular weight is 243 g/mol. The Kier molecular flexibility index (Phi) is 5.58. The number of imide groups is 1. The molecular formula is C10H17N3O4. The van der Waals surface area contributed by atoms with Crippen LogP contribution in [0.25, 0.3) is 0 Å². The molecule has 7 heteroatoms. The highest BCUT2D eigenvalue weighted by molar-refractivity contribution is 6.02. The molecule has 3 amide bonds. The second-order valence-corrected chi connectivity index (χ2v) is 3.67. The van der Waals surface area contributed by atoms with E-state index >= 15 is 0 Å². The van der Waals surface area contributed by atoms with Crippen LogP contribution >= 0.6 is 0 Å². The van der Waals surface area contributed by atoms with E-state index in [9.17, 15) is 14.4 Å². The summed E-state index contributed by atoms with van der Waals surface area (Å²) in [5, 5.41) is 5.28. The van der Waals surface area contributed by atoms with Crippen LogP contribution in [0, 0.1) is 0 Å². The largest absolute Gasteiger partial charge is 0.385 e. The number of nitrogens with zero attached hydrogens (tertiary/aromatic N) is 1. The summed E-state index contributed by atoms with van der Waals surface area (Å²) in [6, 6.07) is 0. The zero-order valence-corrected chi connectivity index (χ0v) is 9.82. The summed E-state index contributed by atoms with van der Waals surface area (Å²) >= 11 is 0. The van der Waals surface area contributed by atoms with Gasteiger partial charge in [-0.05, 0) is 6.42 Å². The molecule has 0 aliphatic carbocycles. The van der Waals surface area contributed by atoms with Crippen molar-refractivity contribution in [2.75, 3.05) is 39.9 Å². The Balaban J connectivity index is 2.29. The molecule has 0 aromatic heterocycles. The van der Waals surface area contributed by atoms with Crippen LogP contribution in [0.4, 0.5) is 0 Å². The Morgan fingerprint density at radius 2 is 2.06 bits per heavy atom. The Morgan fingerprint density at radius 1 is 1.41 bits per heavy atom. The fourth-order valence-electron chi connectivity index (χ4n) is 1.43. The monoisotopic (exact) mass is 243 g/mol. The molecule has 0 unspecified atom stereocenters. The van der Waals surface area contributed by atoms with Crippen molar-refractivity contribution >= 4 is 17.7 Å². The predicted molar refractivity (Wildman–Crippen MR) is 59.1 cm³/mol. The molecule has 7 nitrogen and oxygen atoms in total. The van der Waals surface area contributed by atoms with Gasteiger partial charge in [0.15, 0.2) is 0 Å². The molecule has 96 valence electrons. The minimum Gasteiger partial charge on any atom is -0.385 e. The van der Waals surface area contributed by atoms with Gasteiger partial charge < -0.3 is 10.1 Å². The number of carbonyl (C=O) groups excluding carboxylic acids is 3. The molecule has 1 aliphatic rings. The Morgan fingerprint density at radius 3 is 2.65 bits per heavy atom. The molecule has 0 radical (unpaired) electrons. The lowest BCUT2D eigenvalue weighted by atomic mass is 10.3. The summed E-state index contributed by atoms with van der Waals surface area (Å²) < 4.78 is 4.83. The first-order valence-electron chi connectivity index (χ1n) is 5.44. The molecular weight excluding hydrogens is 226 g/mol. The quantitative estimate of drug-likeness (QED) is 0.420. The fraction of sp³-hybridized carbons (Fsp3) is 0.700. The Hall–Kier alpha value is -1.47. The molecule has 0 atom stereocenters. The number of nitrogens with one attached hydrogen (secondary N) is 2. The maximum atomic E-state index is 11.4. The first-order chi connectivity index (χ1) is 8.15. The van der Waals surface area contributed by atoms with Crippen LogP contribution in [0.1, 0.15) is 6.42 Å². The average Bonchev–Trinajstić information content (AvgIpc) is 2.30. The lowest BCUT2D eigenvalue weighted by Crippen LogP contribution is -2.54. The van der Waals surface area contributed by atoms with Crippen LogP contribution in [-0.4, -0.2) is 62.5 Å². The summed E-state index contributed by atoms with van der Waals surface area (Å²) in [6.07, 6.45) is 0.700. The lowest BCUT2D eigenvalue weighted by Gasteiger charge is -2.24. The molecule has 1 aliphatic heterocycles. The molecule has 0 saturated carbocycles. The van der Waals surface area contributed by atoms with Crippen LogP contribution in [0.5, 0.6) is 0 Å². The van der Waals surface area contributed by atoms with Gasteiger partial charge in [0.2, 0.25) is 17.7 Å². The van der Waals surface area contributed by atoms with Gasteiger partial charge in [-0.1, -0.05) is 0 Å². The number of carbonyl (C=O) groups is 3. The number of piperazine rings is 1. The molecule has 0 aromatic carbocycles. The number of methoxy groups -OCH3 is 1. The molecule has 0 aromatic rings. The van der Waals surface area contributed by atoms with E-state index in [0.717, 1.165) is 4.90 Å². The second kappa shape index (κ2) is 6.97. The van der Waals surface area contributed by atoms with Gasteiger partial charge in [0, 0.05) is 20.3 Å². The van der Waals surface area contributed by atoms with E-state index in [2.05, 4.69) is 10.6 Å². The van der Waals surface area contributed by atoms with E-state index in [0.29, 0.717) is 19.6 Å². The third kappa shape index (κ3) is 4.49. The summed E-state index contributed by atoms with van der Waals surface area (Å²) in [5.41, 5.74) is 0. The Bertz CT molecular complexity index is 290. The number of amides is 3. The van der Waals surface area contributed by atoms with E-state index in [-0.39, 0.29) is 37.4 Å². The van der Waals surface area contributed by atoms with Crippen molar-refractivity contribution < 1.29 is 19.1 Å². The summed E-state index contributed by atoms with van der Waals surface area (Å²) in [4.78, 5) is 35.1. The van der Waals surface area contributed by atoms with Gasteiger partial charge in [0.05, 0.1) is 13.1 Å². The van der Waals surface area contributed by atoms with Crippen LogP contribution in [0.15, 0.2) is 0 Å². The molecule has 1 fully saturated rings. The van der Waals surface area contributed by atoms with Crippen LogP contribution in [0.3, 0.4) is 0 Å². The third-order valence-electron chi connectivity index (χ3n) is 2.30. The number of rotatable bonds is 6. The number of ether oxygens (including phenoxy) is 1. The van der Waals surface area contributed by atoms with Gasteiger partial charge in [-0.15, -0.1) is 0 Å². The fourth-order valence-corrected chi connectivity index (χ4v) is 1.43. The van der Waals surface area contributed by atoms with Gasteiger partial charge in [0.1, 0.15) is 6.54 Å². The third-order valence-corrected chi connectivity index (χ3v) is 2.30. The molecule has 1 saturated heterocycles. The zero-order valence-electron chi connectivity index (χ0n) is 9.82. The highest BCUT2D eigenvalue weighted by Gasteiger charge is 2.27. The van der Waals surface area contributed by atoms with Gasteiger partial charge >= 0.3 is 0 Å². The minimum absolute atomic E-state index is 0.0999. The highest BCUT2D eigenvalue weighted by Crippen LogP contribution is 1.95. The normalized spacial score (nSPS) is 16.2. The van der Waals surface area contributed by atoms with Crippen LogP contribution < -0.4 is 10.6 Å². The predicted octanol–water partition coefficient (Wildman–Crippen LogP) is -1.90. The SMILES string of the molecule is COCCCNC(=O)CN1C(=O)CNCC1=O. The minimum atomic E-state index is -0.367. The van der Waals surface area contributed by atoms with E-state index in [1.165, 1.54) is 0 Å². The smallest absolute Gasteiger partial charge is 0.243 e.